The monoisotopic (exact) mass is 290 g/mol. The van der Waals surface area contributed by atoms with Crippen LogP contribution in [0.2, 0.25) is 0 Å². The molecule has 4 rings (SSSR count). The van der Waals surface area contributed by atoms with Gasteiger partial charge in [0, 0.05) is 5.39 Å². The van der Waals surface area contributed by atoms with Crippen molar-refractivity contribution >= 4 is 10.9 Å². The molecule has 2 aliphatic heterocycles. The van der Waals surface area contributed by atoms with E-state index < -0.39 is 5.79 Å². The van der Waals surface area contributed by atoms with E-state index in [1.807, 2.05) is 38.1 Å². The van der Waals surface area contributed by atoms with E-state index in [0.29, 0.717) is 0 Å². The number of ether oxygens (including phenoxy) is 3. The molecule has 0 unspecified atom stereocenters. The number of nitrogens with zero attached hydrogens (tertiary/aromatic N) is 1. The molecule has 112 valence electrons. The summed E-state index contributed by atoms with van der Waals surface area (Å²) in [5, 5.41) is 17.9. The second-order valence-corrected chi connectivity index (χ2v) is 6.00. The van der Waals surface area contributed by atoms with Crippen LogP contribution in [0, 0.1) is 0 Å². The van der Waals surface area contributed by atoms with Crippen LogP contribution in [0.4, 0.5) is 0 Å². The number of benzene rings is 1. The highest BCUT2D eigenvalue weighted by Crippen LogP contribution is 2.45. The Morgan fingerprint density at radius 2 is 2.00 bits per heavy atom. The molecule has 0 bridgehead atoms. The van der Waals surface area contributed by atoms with Crippen LogP contribution in [0.5, 0.6) is 0 Å². The maximum absolute atomic E-state index is 9.53. The first kappa shape index (κ1) is 13.2. The molecule has 21 heavy (non-hydrogen) atoms. The zero-order valence-corrected chi connectivity index (χ0v) is 11.9. The second kappa shape index (κ2) is 4.51. The molecule has 4 atom stereocenters. The van der Waals surface area contributed by atoms with Crippen LogP contribution in [0.3, 0.4) is 0 Å². The summed E-state index contributed by atoms with van der Waals surface area (Å²) in [5.41, 5.74) is 1.76. The van der Waals surface area contributed by atoms with Crippen molar-refractivity contribution in [2.75, 3.05) is 6.61 Å². The van der Waals surface area contributed by atoms with Crippen LogP contribution < -0.4 is 0 Å². The van der Waals surface area contributed by atoms with Gasteiger partial charge in [0.2, 0.25) is 0 Å². The molecule has 6 nitrogen and oxygen atoms in total. The number of H-pyrrole nitrogens is 1. The lowest BCUT2D eigenvalue weighted by Gasteiger charge is -2.23. The van der Waals surface area contributed by atoms with Crippen molar-refractivity contribution in [2.24, 2.45) is 0 Å². The smallest absolute Gasteiger partial charge is 0.164 e. The largest absolute Gasteiger partial charge is 0.394 e. The molecule has 0 spiro atoms. The Hall–Kier alpha value is -1.47. The van der Waals surface area contributed by atoms with Crippen LogP contribution in [-0.2, 0) is 14.2 Å². The number of fused-ring (bicyclic) bond motifs is 2. The van der Waals surface area contributed by atoms with Gasteiger partial charge < -0.3 is 19.3 Å². The predicted octanol–water partition coefficient (Wildman–Crippen LogP) is 1.52. The second-order valence-electron chi connectivity index (χ2n) is 6.00. The molecule has 2 N–H and O–H groups in total. The van der Waals surface area contributed by atoms with E-state index in [1.165, 1.54) is 0 Å². The quantitative estimate of drug-likeness (QED) is 0.877. The molecule has 1 aromatic carbocycles. The number of nitrogens with one attached hydrogen (secondary N) is 1. The summed E-state index contributed by atoms with van der Waals surface area (Å²) < 4.78 is 17.8. The fourth-order valence-corrected chi connectivity index (χ4v) is 3.26. The fourth-order valence-electron chi connectivity index (χ4n) is 3.26. The third-order valence-electron chi connectivity index (χ3n) is 4.11. The summed E-state index contributed by atoms with van der Waals surface area (Å²) in [6, 6.07) is 7.86. The lowest BCUT2D eigenvalue weighted by molar-refractivity contribution is -0.191. The predicted molar refractivity (Wildman–Crippen MR) is 74.6 cm³/mol. The minimum Gasteiger partial charge on any atom is -0.394 e. The Labute approximate surface area is 122 Å². The Morgan fingerprint density at radius 3 is 2.81 bits per heavy atom. The molecule has 2 fully saturated rings. The highest BCUT2D eigenvalue weighted by molar-refractivity contribution is 5.81. The van der Waals surface area contributed by atoms with Crippen LogP contribution in [0.25, 0.3) is 10.9 Å². The average molecular weight is 290 g/mol. The van der Waals surface area contributed by atoms with E-state index in [0.717, 1.165) is 16.6 Å². The average Bonchev–Trinajstić information content (AvgIpc) is 3.09. The number of hydrogen-bond acceptors (Lipinski definition) is 5. The summed E-state index contributed by atoms with van der Waals surface area (Å²) in [5.74, 6) is -0.666. The minimum atomic E-state index is -0.666. The van der Waals surface area contributed by atoms with Crippen LogP contribution >= 0.6 is 0 Å². The van der Waals surface area contributed by atoms with E-state index in [9.17, 15) is 5.11 Å². The summed E-state index contributed by atoms with van der Waals surface area (Å²) in [4.78, 5) is 0. The first-order valence-electron chi connectivity index (χ1n) is 7.14. The topological polar surface area (TPSA) is 76.6 Å². The molecule has 0 amide bonds. The molecule has 0 saturated carbocycles. The van der Waals surface area contributed by atoms with Gasteiger partial charge in [0.1, 0.15) is 24.4 Å². The highest BCUT2D eigenvalue weighted by atomic mass is 16.8. The van der Waals surface area contributed by atoms with Gasteiger partial charge >= 0.3 is 0 Å². The minimum absolute atomic E-state index is 0.0941. The van der Waals surface area contributed by atoms with Crippen molar-refractivity contribution in [1.82, 2.24) is 10.2 Å². The molecule has 6 heteroatoms. The zero-order chi connectivity index (χ0) is 14.6. The number of rotatable bonds is 2. The van der Waals surface area contributed by atoms with Gasteiger partial charge in [-0.1, -0.05) is 18.2 Å². The number of aliphatic hydroxyl groups excluding tert-OH is 1. The summed E-state index contributed by atoms with van der Waals surface area (Å²) in [6.45, 7) is 3.66. The highest BCUT2D eigenvalue weighted by Gasteiger charge is 2.55. The van der Waals surface area contributed by atoms with Crippen molar-refractivity contribution in [3.05, 3.63) is 30.0 Å². The van der Waals surface area contributed by atoms with Gasteiger partial charge in [-0.15, -0.1) is 0 Å². The van der Waals surface area contributed by atoms with E-state index >= 15 is 0 Å². The molecule has 0 radical (unpaired) electrons. The third kappa shape index (κ3) is 1.98. The van der Waals surface area contributed by atoms with Gasteiger partial charge in [-0.2, -0.15) is 5.10 Å². The maximum Gasteiger partial charge on any atom is 0.164 e. The van der Waals surface area contributed by atoms with E-state index in [4.69, 9.17) is 14.2 Å². The van der Waals surface area contributed by atoms with Crippen LogP contribution in [-0.4, -0.2) is 46.0 Å². The molecule has 2 aromatic rings. The molecular weight excluding hydrogens is 272 g/mol. The molecule has 2 saturated heterocycles. The van der Waals surface area contributed by atoms with Gasteiger partial charge in [0.05, 0.1) is 17.8 Å². The Balaban J connectivity index is 1.75. The lowest BCUT2D eigenvalue weighted by Crippen LogP contribution is -2.31. The van der Waals surface area contributed by atoms with Gasteiger partial charge in [0.25, 0.3) is 0 Å². The zero-order valence-electron chi connectivity index (χ0n) is 11.9. The standard InChI is InChI=1S/C15H18N2O4/c1-15(2)20-12-10(7-18)19-13(14(12)21-15)11-8-5-3-4-6-9(8)16-17-11/h3-6,10,12-14,18H,7H2,1-2H3,(H,16,17)/t10-,12-,13-,14-/m1/s1. The molecule has 1 aromatic heterocycles. The van der Waals surface area contributed by atoms with Crippen molar-refractivity contribution in [3.8, 4) is 0 Å². The summed E-state index contributed by atoms with van der Waals surface area (Å²) in [7, 11) is 0. The number of aliphatic hydroxyl groups is 1. The third-order valence-corrected chi connectivity index (χ3v) is 4.11. The Kier molecular flexibility index (Phi) is 2.84. The maximum atomic E-state index is 9.53. The first-order chi connectivity index (χ1) is 10.1. The van der Waals surface area contributed by atoms with Crippen molar-refractivity contribution in [1.29, 1.82) is 0 Å². The number of aromatic amines is 1. The number of para-hydroxylation sites is 1. The van der Waals surface area contributed by atoms with Gasteiger partial charge in [-0.3, -0.25) is 5.10 Å². The van der Waals surface area contributed by atoms with Crippen molar-refractivity contribution in [2.45, 2.75) is 44.1 Å². The lowest BCUT2D eigenvalue weighted by atomic mass is 10.0. The van der Waals surface area contributed by atoms with E-state index in [-0.39, 0.29) is 31.0 Å². The Bertz CT molecular complexity index is 668. The Morgan fingerprint density at radius 1 is 1.24 bits per heavy atom. The van der Waals surface area contributed by atoms with Crippen molar-refractivity contribution < 1.29 is 19.3 Å². The van der Waals surface area contributed by atoms with E-state index in [2.05, 4.69) is 10.2 Å². The summed E-state index contributed by atoms with van der Waals surface area (Å²) >= 11 is 0. The van der Waals surface area contributed by atoms with Crippen LogP contribution in [0.1, 0.15) is 25.6 Å². The number of hydrogen-bond donors (Lipinski definition) is 2. The molecule has 2 aliphatic rings. The SMILES string of the molecule is CC1(C)O[C@@H]2[C@H](O1)[C@@H](CO)O[C@@H]2c1[nH]nc2ccccc12. The van der Waals surface area contributed by atoms with Gasteiger partial charge in [-0.25, -0.2) is 0 Å². The fraction of sp³-hybridized carbons (Fsp3) is 0.533. The van der Waals surface area contributed by atoms with Crippen LogP contribution in [0.15, 0.2) is 24.3 Å². The molecular formula is C15H18N2O4. The number of aromatic nitrogens is 2. The normalized spacial score (nSPS) is 34.4. The van der Waals surface area contributed by atoms with Gasteiger partial charge in [0.15, 0.2) is 5.79 Å². The molecule has 3 heterocycles. The summed E-state index contributed by atoms with van der Waals surface area (Å²) in [6.07, 6.45) is -1.22. The first-order valence-corrected chi connectivity index (χ1v) is 7.14. The van der Waals surface area contributed by atoms with Gasteiger partial charge in [-0.05, 0) is 19.9 Å². The molecule has 0 aliphatic carbocycles. The van der Waals surface area contributed by atoms with E-state index in [1.54, 1.807) is 0 Å². The van der Waals surface area contributed by atoms with Crippen molar-refractivity contribution in [3.63, 3.8) is 0 Å².